The fourth-order valence-corrected chi connectivity index (χ4v) is 2.13. The summed E-state index contributed by atoms with van der Waals surface area (Å²) in [6.07, 6.45) is 5.93. The molecule has 0 aromatic rings. The summed E-state index contributed by atoms with van der Waals surface area (Å²) in [6, 6.07) is 0.296. The smallest absolute Gasteiger partial charge is 0.223 e. The first-order valence-corrected chi connectivity index (χ1v) is 6.42. The highest BCUT2D eigenvalue weighted by Crippen LogP contribution is 2.48. The Morgan fingerprint density at radius 2 is 2.06 bits per heavy atom. The third kappa shape index (κ3) is 4.12. The van der Waals surface area contributed by atoms with E-state index in [9.17, 15) is 4.79 Å². The molecule has 1 saturated carbocycles. The Kier molecular flexibility index (Phi) is 4.78. The molecule has 0 bridgehead atoms. The van der Waals surface area contributed by atoms with Crippen LogP contribution in [0.25, 0.3) is 0 Å². The van der Waals surface area contributed by atoms with Crippen LogP contribution >= 0.6 is 0 Å². The largest absolute Gasteiger partial charge is 0.349 e. The van der Waals surface area contributed by atoms with Crippen LogP contribution in [0.1, 0.15) is 46.0 Å². The third-order valence-electron chi connectivity index (χ3n) is 3.54. The van der Waals surface area contributed by atoms with Crippen LogP contribution in [0.3, 0.4) is 0 Å². The molecule has 0 spiro atoms. The molecular weight excluding hydrogens is 200 g/mol. The molecule has 0 aromatic carbocycles. The number of nitrogens with one attached hydrogen (secondary N) is 1. The molecular formula is C13H26N2O. The minimum atomic E-state index is 0.209. The van der Waals surface area contributed by atoms with Gasteiger partial charge in [-0.2, -0.15) is 0 Å². The zero-order valence-electron chi connectivity index (χ0n) is 11.2. The molecule has 1 unspecified atom stereocenters. The van der Waals surface area contributed by atoms with Gasteiger partial charge >= 0.3 is 0 Å². The van der Waals surface area contributed by atoms with Crippen molar-refractivity contribution in [1.82, 2.24) is 10.2 Å². The first-order chi connectivity index (χ1) is 7.49. The Morgan fingerprint density at radius 3 is 2.50 bits per heavy atom. The molecule has 1 N–H and O–H groups in total. The van der Waals surface area contributed by atoms with Crippen molar-refractivity contribution in [3.05, 3.63) is 0 Å². The van der Waals surface area contributed by atoms with E-state index in [2.05, 4.69) is 19.2 Å². The van der Waals surface area contributed by atoms with Gasteiger partial charge in [0.15, 0.2) is 0 Å². The normalized spacial score (nSPS) is 19.2. The number of carbonyl (C=O) groups is 1. The van der Waals surface area contributed by atoms with E-state index in [0.29, 0.717) is 17.9 Å². The zero-order chi connectivity index (χ0) is 12.2. The first kappa shape index (κ1) is 13.5. The summed E-state index contributed by atoms with van der Waals surface area (Å²) in [5, 5.41) is 3.51. The van der Waals surface area contributed by atoms with Gasteiger partial charge in [0.1, 0.15) is 0 Å². The van der Waals surface area contributed by atoms with Crippen LogP contribution in [-0.2, 0) is 4.79 Å². The number of hydrogen-bond acceptors (Lipinski definition) is 2. The second-order valence-corrected chi connectivity index (χ2v) is 5.52. The molecule has 0 saturated heterocycles. The first-order valence-electron chi connectivity index (χ1n) is 6.42. The maximum absolute atomic E-state index is 11.5. The summed E-state index contributed by atoms with van der Waals surface area (Å²) in [6.45, 7) is 5.44. The van der Waals surface area contributed by atoms with Crippen molar-refractivity contribution in [1.29, 1.82) is 0 Å². The SMILES string of the molecule is CCCC1(CNC(C)CC(=O)N(C)C)CC1. The van der Waals surface area contributed by atoms with Gasteiger partial charge in [0.05, 0.1) is 0 Å². The summed E-state index contributed by atoms with van der Waals surface area (Å²) < 4.78 is 0. The third-order valence-corrected chi connectivity index (χ3v) is 3.54. The van der Waals surface area contributed by atoms with Crippen molar-refractivity contribution < 1.29 is 4.79 Å². The van der Waals surface area contributed by atoms with Gasteiger partial charge in [0, 0.05) is 33.1 Å². The van der Waals surface area contributed by atoms with E-state index in [4.69, 9.17) is 0 Å². The molecule has 1 amide bonds. The minimum Gasteiger partial charge on any atom is -0.349 e. The van der Waals surface area contributed by atoms with Gasteiger partial charge in [-0.15, -0.1) is 0 Å². The molecule has 0 heterocycles. The summed E-state index contributed by atoms with van der Waals surface area (Å²) in [7, 11) is 3.63. The lowest BCUT2D eigenvalue weighted by atomic mass is 10.0. The molecule has 0 radical (unpaired) electrons. The average molecular weight is 226 g/mol. The van der Waals surface area contributed by atoms with E-state index in [1.54, 1.807) is 4.90 Å². The summed E-state index contributed by atoms with van der Waals surface area (Å²) in [5.74, 6) is 0.209. The topological polar surface area (TPSA) is 32.3 Å². The Hall–Kier alpha value is -0.570. The van der Waals surface area contributed by atoms with E-state index in [0.717, 1.165) is 6.54 Å². The van der Waals surface area contributed by atoms with Gasteiger partial charge in [-0.3, -0.25) is 4.79 Å². The van der Waals surface area contributed by atoms with Crippen LogP contribution in [0.4, 0.5) is 0 Å². The molecule has 1 atom stereocenters. The predicted octanol–water partition coefficient (Wildman–Crippen LogP) is 2.02. The lowest BCUT2D eigenvalue weighted by Gasteiger charge is -2.20. The van der Waals surface area contributed by atoms with Crippen molar-refractivity contribution in [2.45, 2.75) is 52.0 Å². The fourth-order valence-electron chi connectivity index (χ4n) is 2.13. The quantitative estimate of drug-likeness (QED) is 0.720. The zero-order valence-corrected chi connectivity index (χ0v) is 11.2. The second-order valence-electron chi connectivity index (χ2n) is 5.52. The van der Waals surface area contributed by atoms with E-state index in [1.165, 1.54) is 25.7 Å². The number of amides is 1. The number of carbonyl (C=O) groups excluding carboxylic acids is 1. The van der Waals surface area contributed by atoms with Crippen molar-refractivity contribution in [2.75, 3.05) is 20.6 Å². The van der Waals surface area contributed by atoms with Crippen LogP contribution in [0, 0.1) is 5.41 Å². The lowest BCUT2D eigenvalue weighted by molar-refractivity contribution is -0.129. The highest BCUT2D eigenvalue weighted by molar-refractivity contribution is 5.76. The molecule has 0 aliphatic heterocycles. The highest BCUT2D eigenvalue weighted by atomic mass is 16.2. The van der Waals surface area contributed by atoms with Crippen LogP contribution in [-0.4, -0.2) is 37.5 Å². The van der Waals surface area contributed by atoms with Gasteiger partial charge in [0.2, 0.25) is 5.91 Å². The molecule has 94 valence electrons. The van der Waals surface area contributed by atoms with Crippen LogP contribution in [0.5, 0.6) is 0 Å². The average Bonchev–Trinajstić information content (AvgIpc) is 2.96. The maximum atomic E-state index is 11.5. The van der Waals surface area contributed by atoms with E-state index in [1.807, 2.05) is 14.1 Å². The Balaban J connectivity index is 2.20. The van der Waals surface area contributed by atoms with Crippen LogP contribution in [0.2, 0.25) is 0 Å². The van der Waals surface area contributed by atoms with Gasteiger partial charge in [0.25, 0.3) is 0 Å². The number of hydrogen-bond donors (Lipinski definition) is 1. The molecule has 0 aromatic heterocycles. The number of nitrogens with zero attached hydrogens (tertiary/aromatic N) is 1. The molecule has 16 heavy (non-hydrogen) atoms. The minimum absolute atomic E-state index is 0.209. The van der Waals surface area contributed by atoms with E-state index in [-0.39, 0.29) is 5.91 Å². The summed E-state index contributed by atoms with van der Waals surface area (Å²) in [5.41, 5.74) is 0.574. The monoisotopic (exact) mass is 226 g/mol. The van der Waals surface area contributed by atoms with E-state index < -0.39 is 0 Å². The van der Waals surface area contributed by atoms with Gasteiger partial charge in [-0.1, -0.05) is 13.3 Å². The second kappa shape index (κ2) is 5.67. The molecule has 1 aliphatic carbocycles. The summed E-state index contributed by atoms with van der Waals surface area (Å²) >= 11 is 0. The Bertz CT molecular complexity index is 234. The Labute approximate surface area is 99.6 Å². The molecule has 1 rings (SSSR count). The standard InChI is InChI=1S/C13H26N2O/c1-5-6-13(7-8-13)10-14-11(2)9-12(16)15(3)4/h11,14H,5-10H2,1-4H3. The maximum Gasteiger partial charge on any atom is 0.223 e. The van der Waals surface area contributed by atoms with Crippen LogP contribution < -0.4 is 5.32 Å². The summed E-state index contributed by atoms with van der Waals surface area (Å²) in [4.78, 5) is 13.2. The predicted molar refractivity (Wildman–Crippen MR) is 67.4 cm³/mol. The van der Waals surface area contributed by atoms with Crippen LogP contribution in [0.15, 0.2) is 0 Å². The fraction of sp³-hybridized carbons (Fsp3) is 0.923. The van der Waals surface area contributed by atoms with Gasteiger partial charge in [-0.05, 0) is 31.6 Å². The van der Waals surface area contributed by atoms with Crippen molar-refractivity contribution in [3.63, 3.8) is 0 Å². The molecule has 3 nitrogen and oxygen atoms in total. The number of rotatable bonds is 7. The van der Waals surface area contributed by atoms with Crippen molar-refractivity contribution in [2.24, 2.45) is 5.41 Å². The van der Waals surface area contributed by atoms with Crippen molar-refractivity contribution in [3.8, 4) is 0 Å². The highest BCUT2D eigenvalue weighted by Gasteiger charge is 2.41. The Morgan fingerprint density at radius 1 is 1.44 bits per heavy atom. The molecule has 3 heteroatoms. The lowest BCUT2D eigenvalue weighted by Crippen LogP contribution is -2.36. The van der Waals surface area contributed by atoms with Gasteiger partial charge in [-0.25, -0.2) is 0 Å². The molecule has 1 aliphatic rings. The molecule has 1 fully saturated rings. The van der Waals surface area contributed by atoms with Gasteiger partial charge < -0.3 is 10.2 Å². The van der Waals surface area contributed by atoms with E-state index >= 15 is 0 Å². The van der Waals surface area contributed by atoms with Crippen molar-refractivity contribution >= 4 is 5.91 Å².